The molecular formula is C15H14N3O. The predicted molar refractivity (Wildman–Crippen MR) is 76.2 cm³/mol. The van der Waals surface area contributed by atoms with Gasteiger partial charge >= 0.3 is 0 Å². The van der Waals surface area contributed by atoms with E-state index in [-0.39, 0.29) is 0 Å². The maximum absolute atomic E-state index is 10.4. The minimum atomic E-state index is 0.507. The van der Waals surface area contributed by atoms with E-state index in [1.165, 1.54) is 0 Å². The first-order valence-electron chi connectivity index (χ1n) is 5.87. The molecule has 95 valence electrons. The predicted octanol–water partition coefficient (Wildman–Crippen LogP) is 3.63. The van der Waals surface area contributed by atoms with Gasteiger partial charge in [0.15, 0.2) is 0 Å². The topological polar surface area (TPSA) is 45.0 Å². The summed E-state index contributed by atoms with van der Waals surface area (Å²) in [5, 5.41) is 8.40. The summed E-state index contributed by atoms with van der Waals surface area (Å²) in [6.45, 7) is 0. The summed E-state index contributed by atoms with van der Waals surface area (Å²) in [6.07, 6.45) is 1.82. The van der Waals surface area contributed by atoms with Crippen LogP contribution in [0.2, 0.25) is 0 Å². The Hall–Kier alpha value is -2.49. The van der Waals surface area contributed by atoms with E-state index in [0.717, 1.165) is 11.4 Å². The Morgan fingerprint density at radius 2 is 1.63 bits per heavy atom. The Morgan fingerprint density at radius 1 is 0.947 bits per heavy atom. The third-order valence-electron chi connectivity index (χ3n) is 2.62. The lowest BCUT2D eigenvalue weighted by Crippen LogP contribution is -2.08. The van der Waals surface area contributed by atoms with Crippen LogP contribution in [-0.2, 0) is 4.79 Å². The first-order valence-corrected chi connectivity index (χ1v) is 5.87. The fourth-order valence-corrected chi connectivity index (χ4v) is 1.63. The van der Waals surface area contributed by atoms with Crippen LogP contribution in [0.1, 0.15) is 5.56 Å². The van der Waals surface area contributed by atoms with Gasteiger partial charge in [0, 0.05) is 19.7 Å². The van der Waals surface area contributed by atoms with Gasteiger partial charge in [0.1, 0.15) is 5.69 Å². The quantitative estimate of drug-likeness (QED) is 0.780. The number of nitrogens with zero attached hydrogens (tertiary/aromatic N) is 3. The lowest BCUT2D eigenvalue weighted by atomic mass is 10.2. The Kier molecular flexibility index (Phi) is 4.03. The Morgan fingerprint density at radius 3 is 2.26 bits per heavy atom. The van der Waals surface area contributed by atoms with Gasteiger partial charge in [-0.3, -0.25) is 4.79 Å². The molecule has 0 spiro atoms. The third-order valence-corrected chi connectivity index (χ3v) is 2.62. The summed E-state index contributed by atoms with van der Waals surface area (Å²) >= 11 is 0. The number of anilines is 1. The number of azo groups is 1. The van der Waals surface area contributed by atoms with Crippen LogP contribution in [0.3, 0.4) is 0 Å². The molecule has 0 heterocycles. The number of hydrogen-bond acceptors (Lipinski definition) is 4. The van der Waals surface area contributed by atoms with Gasteiger partial charge in [0.2, 0.25) is 6.29 Å². The zero-order valence-electron chi connectivity index (χ0n) is 10.9. The van der Waals surface area contributed by atoms with E-state index in [1.807, 2.05) is 49.5 Å². The second-order valence-electron chi connectivity index (χ2n) is 4.23. The average molecular weight is 252 g/mol. The minimum absolute atomic E-state index is 0.507. The monoisotopic (exact) mass is 252 g/mol. The minimum Gasteiger partial charge on any atom is -0.376 e. The van der Waals surface area contributed by atoms with Crippen LogP contribution in [0.25, 0.3) is 0 Å². The molecule has 0 fully saturated rings. The first-order chi connectivity index (χ1) is 9.20. The standard InChI is InChI=1S/C15H14N3O/c1-18(2)15-6-4-3-5-14(15)17-16-13-9-7-12(11-19)8-10-13/h3-10H,1-2H3/b17-16+. The molecule has 2 aromatic carbocycles. The highest BCUT2D eigenvalue weighted by molar-refractivity contribution is 5.75. The van der Waals surface area contributed by atoms with Crippen molar-refractivity contribution in [2.24, 2.45) is 10.2 Å². The molecule has 0 N–H and O–H groups in total. The highest BCUT2D eigenvalue weighted by atomic mass is 16.1. The molecule has 19 heavy (non-hydrogen) atoms. The lowest BCUT2D eigenvalue weighted by Gasteiger charge is -2.13. The van der Waals surface area contributed by atoms with Crippen molar-refractivity contribution < 1.29 is 4.79 Å². The summed E-state index contributed by atoms with van der Waals surface area (Å²) in [5.41, 5.74) is 3.02. The van der Waals surface area contributed by atoms with Crippen molar-refractivity contribution in [3.05, 3.63) is 54.1 Å². The van der Waals surface area contributed by atoms with Crippen LogP contribution in [0.5, 0.6) is 0 Å². The summed E-state index contributed by atoms with van der Waals surface area (Å²) < 4.78 is 0. The molecule has 0 aliphatic rings. The molecule has 0 unspecified atom stereocenters. The maximum atomic E-state index is 10.4. The summed E-state index contributed by atoms with van der Waals surface area (Å²) in [6, 6.07) is 14.6. The van der Waals surface area contributed by atoms with Crippen LogP contribution in [0.4, 0.5) is 17.1 Å². The fraction of sp³-hybridized carbons (Fsp3) is 0.133. The molecule has 2 aromatic rings. The van der Waals surface area contributed by atoms with E-state index in [9.17, 15) is 4.79 Å². The first kappa shape index (κ1) is 13.0. The number of benzene rings is 2. The van der Waals surface area contributed by atoms with E-state index in [1.54, 1.807) is 24.3 Å². The van der Waals surface area contributed by atoms with Crippen molar-refractivity contribution in [1.29, 1.82) is 0 Å². The van der Waals surface area contributed by atoms with Crippen molar-refractivity contribution in [3.8, 4) is 0 Å². The molecule has 4 nitrogen and oxygen atoms in total. The van der Waals surface area contributed by atoms with Gasteiger partial charge in [-0.2, -0.15) is 5.11 Å². The van der Waals surface area contributed by atoms with Gasteiger partial charge in [-0.05, 0) is 36.4 Å². The number of para-hydroxylation sites is 1. The molecule has 0 saturated carbocycles. The SMILES string of the molecule is CN(C)c1ccccc1/N=N/c1ccc([C]=O)cc1. The largest absolute Gasteiger partial charge is 0.376 e. The van der Waals surface area contributed by atoms with Gasteiger partial charge in [-0.25, -0.2) is 0 Å². The normalized spacial score (nSPS) is 10.6. The number of rotatable bonds is 4. The second kappa shape index (κ2) is 5.91. The highest BCUT2D eigenvalue weighted by Gasteiger charge is 2.01. The van der Waals surface area contributed by atoms with Crippen LogP contribution in [-0.4, -0.2) is 20.4 Å². The van der Waals surface area contributed by atoms with Crippen LogP contribution >= 0.6 is 0 Å². The zero-order valence-corrected chi connectivity index (χ0v) is 10.9. The maximum Gasteiger partial charge on any atom is 0.233 e. The van der Waals surface area contributed by atoms with Crippen molar-refractivity contribution >= 4 is 23.3 Å². The smallest absolute Gasteiger partial charge is 0.233 e. The molecule has 4 heteroatoms. The van der Waals surface area contributed by atoms with E-state index >= 15 is 0 Å². The molecule has 0 saturated heterocycles. The average Bonchev–Trinajstić information content (AvgIpc) is 2.46. The van der Waals surface area contributed by atoms with Crippen molar-refractivity contribution in [2.75, 3.05) is 19.0 Å². The van der Waals surface area contributed by atoms with E-state index in [4.69, 9.17) is 0 Å². The molecular weight excluding hydrogens is 238 g/mol. The van der Waals surface area contributed by atoms with E-state index in [0.29, 0.717) is 11.3 Å². The van der Waals surface area contributed by atoms with Gasteiger partial charge in [0.25, 0.3) is 0 Å². The molecule has 1 radical (unpaired) electrons. The Bertz CT molecular complexity index is 589. The molecule has 0 amide bonds. The molecule has 0 aliphatic carbocycles. The molecule has 2 rings (SSSR count). The van der Waals surface area contributed by atoms with E-state index < -0.39 is 0 Å². The van der Waals surface area contributed by atoms with Crippen molar-refractivity contribution in [3.63, 3.8) is 0 Å². The van der Waals surface area contributed by atoms with Gasteiger partial charge < -0.3 is 4.90 Å². The highest BCUT2D eigenvalue weighted by Crippen LogP contribution is 2.28. The third kappa shape index (κ3) is 3.25. The van der Waals surface area contributed by atoms with Crippen molar-refractivity contribution in [2.45, 2.75) is 0 Å². The molecule has 0 aliphatic heterocycles. The number of hydrogen-bond donors (Lipinski definition) is 0. The van der Waals surface area contributed by atoms with Crippen LogP contribution in [0.15, 0.2) is 58.8 Å². The summed E-state index contributed by atoms with van der Waals surface area (Å²) in [7, 11) is 3.92. The fourth-order valence-electron chi connectivity index (χ4n) is 1.63. The van der Waals surface area contributed by atoms with Gasteiger partial charge in [-0.1, -0.05) is 12.1 Å². The van der Waals surface area contributed by atoms with Gasteiger partial charge in [-0.15, -0.1) is 5.11 Å². The number of carbonyl (C=O) groups excluding carboxylic acids is 1. The molecule has 0 atom stereocenters. The summed E-state index contributed by atoms with van der Waals surface area (Å²) in [4.78, 5) is 12.4. The Labute approximate surface area is 112 Å². The van der Waals surface area contributed by atoms with Crippen LogP contribution < -0.4 is 4.90 Å². The van der Waals surface area contributed by atoms with Crippen molar-refractivity contribution in [1.82, 2.24) is 0 Å². The second-order valence-corrected chi connectivity index (χ2v) is 4.23. The summed E-state index contributed by atoms with van der Waals surface area (Å²) in [5.74, 6) is 0. The Balaban J connectivity index is 2.24. The van der Waals surface area contributed by atoms with E-state index in [2.05, 4.69) is 10.2 Å². The molecule has 0 bridgehead atoms. The van der Waals surface area contributed by atoms with Crippen LogP contribution in [0, 0.1) is 0 Å². The lowest BCUT2D eigenvalue weighted by molar-refractivity contribution is 0.563. The zero-order chi connectivity index (χ0) is 13.7. The molecule has 0 aromatic heterocycles. The van der Waals surface area contributed by atoms with Gasteiger partial charge in [0.05, 0.1) is 11.4 Å².